The van der Waals surface area contributed by atoms with Gasteiger partial charge in [0.1, 0.15) is 0 Å². The van der Waals surface area contributed by atoms with E-state index in [4.69, 9.17) is 0 Å². The van der Waals surface area contributed by atoms with Gasteiger partial charge in [-0.25, -0.2) is 13.1 Å². The number of amides is 1. The van der Waals surface area contributed by atoms with Crippen LogP contribution in [0.4, 0.5) is 5.69 Å². The van der Waals surface area contributed by atoms with Crippen LogP contribution in [-0.4, -0.2) is 20.9 Å². The second-order valence-corrected chi connectivity index (χ2v) is 8.97. The highest BCUT2D eigenvalue weighted by atomic mass is 79.9. The van der Waals surface area contributed by atoms with Gasteiger partial charge in [-0.1, -0.05) is 35.0 Å². The fourth-order valence-corrected chi connectivity index (χ4v) is 4.35. The summed E-state index contributed by atoms with van der Waals surface area (Å²) in [6.45, 7) is 2.97. The number of aryl methyl sites for hydroxylation is 1. The number of hydrogen-bond donors (Lipinski definition) is 1. The van der Waals surface area contributed by atoms with Crippen LogP contribution in [0.25, 0.3) is 0 Å². The number of nitrogens with one attached hydrogen (secondary N) is 1. The number of hydrogen-bond acceptors (Lipinski definition) is 3. The van der Waals surface area contributed by atoms with E-state index < -0.39 is 10.0 Å². The molecular formula is C19H21BrN2O3S. The molecule has 138 valence electrons. The van der Waals surface area contributed by atoms with Crippen LogP contribution in [0, 0.1) is 0 Å². The molecule has 0 atom stereocenters. The zero-order valence-corrected chi connectivity index (χ0v) is 16.9. The summed E-state index contributed by atoms with van der Waals surface area (Å²) in [4.78, 5) is 14.2. The van der Waals surface area contributed by atoms with Gasteiger partial charge in [0, 0.05) is 29.7 Å². The molecule has 1 N–H and O–H groups in total. The normalized spacial score (nSPS) is 14.4. The number of anilines is 1. The van der Waals surface area contributed by atoms with Gasteiger partial charge in [0.25, 0.3) is 0 Å². The van der Waals surface area contributed by atoms with Gasteiger partial charge in [0.05, 0.1) is 4.90 Å². The van der Waals surface area contributed by atoms with Crippen molar-refractivity contribution in [2.45, 2.75) is 37.6 Å². The second-order valence-electron chi connectivity index (χ2n) is 6.29. The Hall–Kier alpha value is -1.70. The van der Waals surface area contributed by atoms with Gasteiger partial charge in [-0.05, 0) is 54.3 Å². The molecule has 0 aliphatic carbocycles. The van der Waals surface area contributed by atoms with Crippen LogP contribution in [0.15, 0.2) is 51.8 Å². The maximum absolute atomic E-state index is 12.4. The van der Waals surface area contributed by atoms with Gasteiger partial charge in [-0.15, -0.1) is 0 Å². The number of nitrogens with zero attached hydrogens (tertiary/aromatic N) is 1. The van der Waals surface area contributed by atoms with E-state index in [1.54, 1.807) is 24.3 Å². The quantitative estimate of drug-likeness (QED) is 0.751. The number of carbonyl (C=O) groups excluding carboxylic acids is 1. The summed E-state index contributed by atoms with van der Waals surface area (Å²) in [5.41, 5.74) is 2.93. The molecule has 0 spiro atoms. The maximum Gasteiger partial charge on any atom is 0.240 e. The first-order valence-electron chi connectivity index (χ1n) is 8.58. The molecule has 3 rings (SSSR count). The Morgan fingerprint density at radius 3 is 2.54 bits per heavy atom. The average molecular weight is 437 g/mol. The standard InChI is InChI=1S/C19H21BrN2O3S/c1-2-11-22-18-9-3-14(12-15(18)4-10-19(22)23)13-21-26(24,25)17-7-5-16(20)6-8-17/h3,5-9,12,21H,2,4,10-11,13H2,1H3. The number of rotatable bonds is 6. The van der Waals surface area contributed by atoms with E-state index in [0.717, 1.165) is 27.7 Å². The Morgan fingerprint density at radius 2 is 1.85 bits per heavy atom. The third kappa shape index (κ3) is 4.16. The fraction of sp³-hybridized carbons (Fsp3) is 0.316. The summed E-state index contributed by atoms with van der Waals surface area (Å²) in [5.74, 6) is 0.156. The van der Waals surface area contributed by atoms with Gasteiger partial charge in [-0.2, -0.15) is 0 Å². The number of sulfonamides is 1. The van der Waals surface area contributed by atoms with Crippen LogP contribution in [0.1, 0.15) is 30.9 Å². The molecule has 0 bridgehead atoms. The molecule has 7 heteroatoms. The van der Waals surface area contributed by atoms with Crippen molar-refractivity contribution in [2.75, 3.05) is 11.4 Å². The van der Waals surface area contributed by atoms with Gasteiger partial charge < -0.3 is 4.90 Å². The van der Waals surface area contributed by atoms with Crippen LogP contribution >= 0.6 is 15.9 Å². The Morgan fingerprint density at radius 1 is 1.12 bits per heavy atom. The molecule has 26 heavy (non-hydrogen) atoms. The number of benzene rings is 2. The highest BCUT2D eigenvalue weighted by molar-refractivity contribution is 9.10. The molecule has 0 fully saturated rings. The highest BCUT2D eigenvalue weighted by Crippen LogP contribution is 2.29. The van der Waals surface area contributed by atoms with Crippen molar-refractivity contribution >= 4 is 37.5 Å². The van der Waals surface area contributed by atoms with Crippen LogP contribution in [0.5, 0.6) is 0 Å². The molecular weight excluding hydrogens is 416 g/mol. The Bertz CT molecular complexity index is 911. The van der Waals surface area contributed by atoms with Crippen molar-refractivity contribution in [1.82, 2.24) is 4.72 Å². The molecule has 2 aromatic rings. The monoisotopic (exact) mass is 436 g/mol. The number of carbonyl (C=O) groups is 1. The van der Waals surface area contributed by atoms with Crippen LogP contribution in [-0.2, 0) is 27.8 Å². The largest absolute Gasteiger partial charge is 0.312 e. The summed E-state index contributed by atoms with van der Waals surface area (Å²) in [5, 5.41) is 0. The van der Waals surface area contributed by atoms with E-state index in [0.29, 0.717) is 19.4 Å². The Labute approximate surface area is 162 Å². The Balaban J connectivity index is 1.75. The molecule has 1 aliphatic rings. The van der Waals surface area contributed by atoms with E-state index in [2.05, 4.69) is 20.7 Å². The van der Waals surface area contributed by atoms with Crippen molar-refractivity contribution in [2.24, 2.45) is 0 Å². The molecule has 2 aromatic carbocycles. The molecule has 5 nitrogen and oxygen atoms in total. The molecule has 0 aromatic heterocycles. The topological polar surface area (TPSA) is 66.5 Å². The fourth-order valence-electron chi connectivity index (χ4n) is 3.07. The zero-order chi connectivity index (χ0) is 18.7. The SMILES string of the molecule is CCCN1C(=O)CCc2cc(CNS(=O)(=O)c3ccc(Br)cc3)ccc21. The van der Waals surface area contributed by atoms with Gasteiger partial charge in [-0.3, -0.25) is 4.79 Å². The molecule has 0 unspecified atom stereocenters. The molecule has 0 saturated carbocycles. The predicted octanol–water partition coefficient (Wildman–Crippen LogP) is 3.62. The first-order chi connectivity index (χ1) is 12.4. The van der Waals surface area contributed by atoms with Gasteiger partial charge in [0.2, 0.25) is 15.9 Å². The Kier molecular flexibility index (Phi) is 5.79. The van der Waals surface area contributed by atoms with E-state index in [1.807, 2.05) is 30.0 Å². The summed E-state index contributed by atoms with van der Waals surface area (Å²) in [6, 6.07) is 12.3. The van der Waals surface area contributed by atoms with E-state index in [-0.39, 0.29) is 17.3 Å². The minimum absolute atomic E-state index is 0.156. The molecule has 1 amide bonds. The van der Waals surface area contributed by atoms with E-state index in [9.17, 15) is 13.2 Å². The van der Waals surface area contributed by atoms with Gasteiger partial charge >= 0.3 is 0 Å². The minimum Gasteiger partial charge on any atom is -0.312 e. The molecule has 0 radical (unpaired) electrons. The highest BCUT2D eigenvalue weighted by Gasteiger charge is 2.23. The predicted molar refractivity (Wildman–Crippen MR) is 106 cm³/mol. The second kappa shape index (κ2) is 7.90. The lowest BCUT2D eigenvalue weighted by molar-refractivity contribution is -0.118. The third-order valence-corrected chi connectivity index (χ3v) is 6.33. The molecule has 0 saturated heterocycles. The van der Waals surface area contributed by atoms with Gasteiger partial charge in [0.15, 0.2) is 0 Å². The zero-order valence-electron chi connectivity index (χ0n) is 14.5. The lowest BCUT2D eigenvalue weighted by Gasteiger charge is -2.29. The van der Waals surface area contributed by atoms with E-state index in [1.165, 1.54) is 0 Å². The van der Waals surface area contributed by atoms with Crippen molar-refractivity contribution in [3.05, 3.63) is 58.1 Å². The first-order valence-corrected chi connectivity index (χ1v) is 10.9. The van der Waals surface area contributed by atoms with Crippen molar-refractivity contribution in [3.8, 4) is 0 Å². The van der Waals surface area contributed by atoms with Crippen molar-refractivity contribution < 1.29 is 13.2 Å². The summed E-state index contributed by atoms with van der Waals surface area (Å²) in [7, 11) is -3.56. The maximum atomic E-state index is 12.4. The molecule has 1 aliphatic heterocycles. The smallest absolute Gasteiger partial charge is 0.240 e. The lowest BCUT2D eigenvalue weighted by Crippen LogP contribution is -2.35. The van der Waals surface area contributed by atoms with E-state index >= 15 is 0 Å². The number of fused-ring (bicyclic) bond motifs is 1. The number of halogens is 1. The summed E-state index contributed by atoms with van der Waals surface area (Å²) >= 11 is 3.30. The van der Waals surface area contributed by atoms with Crippen LogP contribution in [0.3, 0.4) is 0 Å². The van der Waals surface area contributed by atoms with Crippen LogP contribution in [0.2, 0.25) is 0 Å². The first kappa shape index (κ1) is 19.1. The molecule has 1 heterocycles. The summed E-state index contributed by atoms with van der Waals surface area (Å²) < 4.78 is 28.3. The summed E-state index contributed by atoms with van der Waals surface area (Å²) in [6.07, 6.45) is 2.10. The average Bonchev–Trinajstić information content (AvgIpc) is 2.63. The van der Waals surface area contributed by atoms with Crippen LogP contribution < -0.4 is 9.62 Å². The minimum atomic E-state index is -3.56. The third-order valence-electron chi connectivity index (χ3n) is 4.38. The van der Waals surface area contributed by atoms with Crippen molar-refractivity contribution in [1.29, 1.82) is 0 Å². The lowest BCUT2D eigenvalue weighted by atomic mass is 9.98. The van der Waals surface area contributed by atoms with Crippen molar-refractivity contribution in [3.63, 3.8) is 0 Å².